The van der Waals surface area contributed by atoms with Crippen LogP contribution in [-0.2, 0) is 116 Å². The Morgan fingerprint density at radius 3 is 1.20 bits per heavy atom. The Balaban J connectivity index is 0.000000338. The number of ether oxygens (including phenoxy) is 10. The molecule has 32 heteroatoms. The number of carbonyl (C=O) groups excluding carboxylic acids is 9. The van der Waals surface area contributed by atoms with Gasteiger partial charge in [-0.2, -0.15) is 0 Å². The van der Waals surface area contributed by atoms with Crippen molar-refractivity contribution in [1.29, 1.82) is 0 Å². The number of benzene rings is 4. The maximum Gasteiger partial charge on any atom is 0.410 e. The molecule has 0 bridgehead atoms. The lowest BCUT2D eigenvalue weighted by Crippen LogP contribution is -2.52. The fourth-order valence-electron chi connectivity index (χ4n) is 11.9. The number of carbonyl (C=O) groups is 10. The Morgan fingerprint density at radius 1 is 0.504 bits per heavy atom. The van der Waals surface area contributed by atoms with Gasteiger partial charge in [-0.05, 0) is 161 Å². The van der Waals surface area contributed by atoms with Crippen LogP contribution in [0.25, 0.3) is 0 Å². The monoisotopic (exact) mass is 1660 g/mol. The van der Waals surface area contributed by atoms with Gasteiger partial charge in [0.15, 0.2) is 18.3 Å². The molecular weight excluding hydrogens is 1540 g/mol. The molecule has 2 N–H and O–H groups in total. The summed E-state index contributed by atoms with van der Waals surface area (Å²) in [6.07, 6.45) is -2.78. The molecule has 4 aromatic rings. The van der Waals surface area contributed by atoms with Gasteiger partial charge in [-0.15, -0.1) is 0 Å². The Bertz CT molecular complexity index is 3810. The summed E-state index contributed by atoms with van der Waals surface area (Å²) in [6, 6.07) is 29.0. The molecule has 2 aliphatic carbocycles. The van der Waals surface area contributed by atoms with Gasteiger partial charge in [-0.25, -0.2) is 47.1 Å². The number of aliphatic carboxylic acids is 1. The summed E-state index contributed by atoms with van der Waals surface area (Å²) < 4.78 is 93.0. The lowest BCUT2D eigenvalue weighted by molar-refractivity contribution is -0.174. The van der Waals surface area contributed by atoms with Gasteiger partial charge in [0.25, 0.3) is 5.91 Å². The highest BCUT2D eigenvalue weighted by atomic mass is 31.1. The normalized spacial score (nSPS) is 16.3. The van der Waals surface area contributed by atoms with Crippen molar-refractivity contribution in [3.63, 3.8) is 0 Å². The van der Waals surface area contributed by atoms with Gasteiger partial charge < -0.3 is 72.5 Å². The van der Waals surface area contributed by atoms with Gasteiger partial charge in [0.2, 0.25) is 13.1 Å². The van der Waals surface area contributed by atoms with E-state index in [0.29, 0.717) is 43.5 Å². The molecule has 0 spiro atoms. The molecule has 0 unspecified atom stereocenters. The van der Waals surface area contributed by atoms with Crippen molar-refractivity contribution < 1.29 is 114 Å². The van der Waals surface area contributed by atoms with Crippen molar-refractivity contribution in [3.8, 4) is 0 Å². The zero-order valence-electron chi connectivity index (χ0n) is 70.8. The largest absolute Gasteiger partial charge is 0.478 e. The van der Waals surface area contributed by atoms with Gasteiger partial charge in [0, 0.05) is 84.4 Å². The number of hydrogen-bond acceptors (Lipinski definition) is 24. The van der Waals surface area contributed by atoms with E-state index in [1.807, 2.05) is 84.9 Å². The predicted molar refractivity (Wildman–Crippen MR) is 436 cm³/mol. The number of anilines is 2. The summed E-state index contributed by atoms with van der Waals surface area (Å²) in [7, 11) is 5.89. The average molecular weight is 1660 g/mol. The molecule has 28 nitrogen and oxygen atoms in total. The number of halogens is 2. The maximum absolute atomic E-state index is 15.2. The summed E-state index contributed by atoms with van der Waals surface area (Å²) in [5.41, 5.74) is -0.545. The minimum absolute atomic E-state index is 0.00434. The lowest BCUT2D eigenvalue weighted by atomic mass is 9.99. The topological polar surface area (TPSA) is 329 Å². The first-order chi connectivity index (χ1) is 55.0. The molecule has 2 saturated carbocycles. The van der Waals surface area contributed by atoms with Crippen LogP contribution in [0.2, 0.25) is 6.82 Å². The number of amides is 3. The third-order valence-electron chi connectivity index (χ3n) is 18.8. The van der Waals surface area contributed by atoms with Crippen LogP contribution < -0.4 is 15.1 Å². The first-order valence-corrected chi connectivity index (χ1v) is 40.5. The van der Waals surface area contributed by atoms with Gasteiger partial charge >= 0.3 is 54.0 Å². The van der Waals surface area contributed by atoms with E-state index in [-0.39, 0.29) is 59.2 Å². The number of morpholine rings is 2. The maximum atomic E-state index is 15.2. The average Bonchev–Trinajstić information content (AvgIpc) is 1.60. The van der Waals surface area contributed by atoms with E-state index in [1.165, 1.54) is 80.4 Å². The number of rotatable bonds is 35. The van der Waals surface area contributed by atoms with Crippen LogP contribution in [-0.4, -0.2) is 239 Å². The number of nitrogens with zero attached hydrogens (tertiary/aromatic N) is 5. The Labute approximate surface area is 689 Å². The van der Waals surface area contributed by atoms with Gasteiger partial charge in [0.05, 0.1) is 34.8 Å². The minimum atomic E-state index is -1.91. The number of carboxylic acids is 1. The zero-order valence-corrected chi connectivity index (χ0v) is 71.7. The first kappa shape index (κ1) is 98.3. The number of likely N-dealkylation sites (N-methyl/N-ethyl adjacent to an activating group) is 4. The van der Waals surface area contributed by atoms with Crippen LogP contribution in [0.4, 0.5) is 29.7 Å². The number of esters is 6. The highest BCUT2D eigenvalue weighted by Crippen LogP contribution is 2.36. The molecule has 4 aliphatic rings. The van der Waals surface area contributed by atoms with E-state index in [4.69, 9.17) is 47.4 Å². The van der Waals surface area contributed by atoms with Crippen molar-refractivity contribution in [3.05, 3.63) is 131 Å². The molecule has 4 aromatic carbocycles. The van der Waals surface area contributed by atoms with Gasteiger partial charge in [-0.1, -0.05) is 117 Å². The van der Waals surface area contributed by atoms with Gasteiger partial charge in [-0.3, -0.25) is 24.0 Å². The van der Waals surface area contributed by atoms with Crippen molar-refractivity contribution in [1.82, 2.24) is 20.0 Å². The molecule has 645 valence electrons. The highest BCUT2D eigenvalue weighted by Gasteiger charge is 2.44. The minimum Gasteiger partial charge on any atom is -0.478 e. The van der Waals surface area contributed by atoms with E-state index in [1.54, 1.807) is 86.7 Å². The van der Waals surface area contributed by atoms with E-state index in [0.717, 1.165) is 77.7 Å². The molecular formula is C85H121BF2N6O22P. The van der Waals surface area contributed by atoms with Crippen molar-refractivity contribution in [2.24, 2.45) is 11.8 Å². The van der Waals surface area contributed by atoms with E-state index in [9.17, 15) is 62.0 Å². The molecule has 0 aromatic heterocycles. The van der Waals surface area contributed by atoms with Crippen LogP contribution in [0.5, 0.6) is 0 Å². The fraction of sp³-hybridized carbons (Fsp3) is 0.600. The second-order valence-corrected chi connectivity index (χ2v) is 33.3. The van der Waals surface area contributed by atoms with Crippen LogP contribution in [0.15, 0.2) is 109 Å². The van der Waals surface area contributed by atoms with Crippen LogP contribution >= 0.6 is 8.34 Å². The van der Waals surface area contributed by atoms with Gasteiger partial charge in [0.1, 0.15) is 59.9 Å². The molecule has 3 amide bonds. The molecule has 2 heterocycles. The second kappa shape index (κ2) is 47.3. The Hall–Kier alpha value is -9.32. The number of hydrogen-bond donors (Lipinski definition) is 2. The SMILES string of the molecule is CN(C(=O)OC(C)(C)C)[C@@H](CC(C)(C)F)C(=O)O[C@H](Cc1ccc(N2CCOCC2)cc1)C(=O)O.CN[C@@H](CC1CC1)C(=O)O[C@H](C)C(=O)OCc1ccccc1.C[B]P=O.C[C@@H](OC(=O)[C@H](CC1CC1)N(C)C(=O)[C@@H](Cc1ccc(N2CCOCC2)cc1)OC(=O)[C@H](CC(C)(C)F)N(C)C(=O)OC(C)(C)C)C(=O)OCc1ccccc1. The lowest BCUT2D eigenvalue weighted by Gasteiger charge is -2.34. The summed E-state index contributed by atoms with van der Waals surface area (Å²) in [5.74, 6) is -5.80. The summed E-state index contributed by atoms with van der Waals surface area (Å²) in [4.78, 5) is 137. The van der Waals surface area contributed by atoms with Crippen molar-refractivity contribution >= 4 is 86.6 Å². The molecule has 4 fully saturated rings. The summed E-state index contributed by atoms with van der Waals surface area (Å²) in [6.45, 7) is 26.9. The van der Waals surface area contributed by atoms with E-state index < -0.39 is 131 Å². The van der Waals surface area contributed by atoms with Crippen molar-refractivity contribution in [2.75, 3.05) is 90.6 Å². The van der Waals surface area contributed by atoms with Crippen molar-refractivity contribution in [2.45, 2.75) is 238 Å². The Morgan fingerprint density at radius 2 is 0.855 bits per heavy atom. The molecule has 8 atom stereocenters. The highest BCUT2D eigenvalue weighted by molar-refractivity contribution is 7.60. The smallest absolute Gasteiger partial charge is 0.410 e. The predicted octanol–water partition coefficient (Wildman–Crippen LogP) is 12.1. The quantitative estimate of drug-likeness (QED) is 0.0187. The fourth-order valence-corrected chi connectivity index (χ4v) is 11.9. The molecule has 8 rings (SSSR count). The molecule has 1 radical (unpaired) electrons. The standard InChI is InChI=1S/C42H58FN3O10.C25H37FN2O7.C17H23NO4.CH3BOP/c1-28(37(48)53-27-31-12-10-9-11-13-31)54-38(49)33(24-29-14-15-29)44(7)36(47)35(25-30-16-18-32(19-17-30)46-20-22-52-23-21-46)55-39(50)34(26-42(5,6)43)45(8)40(51)56-41(2,3)4;1-24(2,3)35-23(32)27(6)19(16-25(4,5)26)22(31)34-20(21(29)30)15-17-7-9-18(10-8-17)28-11-13-33-14-12-28;1-12(16(19)21-11-14-6-4-3-5-7-14)22-17(20)15(18-2)10-13-8-9-13;1-2-4-3/h9-13,16-19,28-29,33-35H,14-15,20-27H2,1-8H3;7-10,19-20H,11-16H2,1-6H3,(H,29,30);3-7,12-13,15,18H,8-11H2,1-2H3;1H3/t28-,33+,34+,35-;19-,20+;12-,15+;/m101./s1. The number of alkyl halides is 2. The number of carboxylic acid groups (broad SMARTS) is 1. The molecule has 2 aliphatic heterocycles. The van der Waals surface area contributed by atoms with E-state index >= 15 is 4.39 Å². The third kappa shape index (κ3) is 37.0. The Kier molecular flexibility index (Phi) is 39.7. The zero-order chi connectivity index (χ0) is 87.0. The molecule has 117 heavy (non-hydrogen) atoms. The molecule has 2 saturated heterocycles. The third-order valence-corrected chi connectivity index (χ3v) is 19.0. The van der Waals surface area contributed by atoms with Crippen LogP contribution in [0.1, 0.15) is 157 Å². The summed E-state index contributed by atoms with van der Waals surface area (Å²) >= 11 is 0. The first-order valence-electron chi connectivity index (χ1n) is 39.6. The van der Waals surface area contributed by atoms with Crippen LogP contribution in [0.3, 0.4) is 0 Å². The second-order valence-electron chi connectivity index (χ2n) is 32.6. The number of nitrogens with one attached hydrogen (secondary N) is 1. The van der Waals surface area contributed by atoms with E-state index in [2.05, 4.69) is 15.1 Å². The van der Waals surface area contributed by atoms with Crippen LogP contribution in [0, 0.1) is 11.8 Å². The summed E-state index contributed by atoms with van der Waals surface area (Å²) in [5, 5.41) is 12.6.